The average molecular weight is 284 g/mol. The third-order valence-corrected chi connectivity index (χ3v) is 2.95. The van der Waals surface area contributed by atoms with Crippen LogP contribution in [0.5, 0.6) is 0 Å². The van der Waals surface area contributed by atoms with E-state index < -0.39 is 23.7 Å². The molecule has 0 aliphatic rings. The summed E-state index contributed by atoms with van der Waals surface area (Å²) >= 11 is 0. The molecule has 0 saturated heterocycles. The molecule has 1 nitrogen and oxygen atoms in total. The van der Waals surface area contributed by atoms with Gasteiger partial charge in [0.15, 0.2) is 0 Å². The molecule has 0 heterocycles. The Morgan fingerprint density at radius 3 is 2.25 bits per heavy atom. The smallest absolute Gasteiger partial charge is 0.388 e. The van der Waals surface area contributed by atoms with Crippen molar-refractivity contribution in [1.82, 2.24) is 0 Å². The lowest BCUT2D eigenvalue weighted by Crippen LogP contribution is -2.14. The minimum Gasteiger partial charge on any atom is -0.388 e. The first-order chi connectivity index (χ1) is 9.38. The normalized spacial score (nSPS) is 13.2. The van der Waals surface area contributed by atoms with Gasteiger partial charge >= 0.3 is 6.18 Å². The van der Waals surface area contributed by atoms with Crippen LogP contribution in [-0.4, -0.2) is 5.11 Å². The predicted octanol–water partition coefficient (Wildman–Crippen LogP) is 4.12. The summed E-state index contributed by atoms with van der Waals surface area (Å²) in [5, 5.41) is 9.99. The lowest BCUT2D eigenvalue weighted by molar-refractivity contribution is -0.139. The van der Waals surface area contributed by atoms with Gasteiger partial charge in [0, 0.05) is 6.42 Å². The quantitative estimate of drug-likeness (QED) is 0.841. The summed E-state index contributed by atoms with van der Waals surface area (Å²) in [4.78, 5) is 0. The monoisotopic (exact) mass is 284 g/mol. The number of halogens is 4. The highest BCUT2D eigenvalue weighted by atomic mass is 19.4. The minimum absolute atomic E-state index is 0.0373. The standard InChI is InChI=1S/C15H12F4O/c16-11-6-7-12(13(9-11)15(17,18)19)14(20)8-10-4-2-1-3-5-10/h1-7,9,14,20H,8H2. The highest BCUT2D eigenvalue weighted by Crippen LogP contribution is 2.35. The SMILES string of the molecule is OC(Cc1ccccc1)c1ccc(F)cc1C(F)(F)F. The summed E-state index contributed by atoms with van der Waals surface area (Å²) in [7, 11) is 0. The molecule has 0 saturated carbocycles. The summed E-state index contributed by atoms with van der Waals surface area (Å²) in [5.41, 5.74) is -0.749. The fraction of sp³-hybridized carbons (Fsp3) is 0.200. The van der Waals surface area contributed by atoms with Gasteiger partial charge in [-0.05, 0) is 23.3 Å². The maximum absolute atomic E-state index is 13.0. The molecule has 1 unspecified atom stereocenters. The van der Waals surface area contributed by atoms with E-state index in [1.54, 1.807) is 30.3 Å². The van der Waals surface area contributed by atoms with Gasteiger partial charge in [0.05, 0.1) is 11.7 Å². The van der Waals surface area contributed by atoms with E-state index in [0.717, 1.165) is 12.1 Å². The maximum atomic E-state index is 13.0. The maximum Gasteiger partial charge on any atom is 0.416 e. The molecule has 0 aliphatic heterocycles. The fourth-order valence-corrected chi connectivity index (χ4v) is 2.01. The third-order valence-electron chi connectivity index (χ3n) is 2.95. The van der Waals surface area contributed by atoms with Gasteiger partial charge in [-0.15, -0.1) is 0 Å². The number of alkyl halides is 3. The Balaban J connectivity index is 2.32. The Kier molecular flexibility index (Phi) is 4.09. The van der Waals surface area contributed by atoms with Crippen LogP contribution in [0.3, 0.4) is 0 Å². The molecule has 2 aromatic carbocycles. The Morgan fingerprint density at radius 2 is 1.65 bits per heavy atom. The van der Waals surface area contributed by atoms with Crippen molar-refractivity contribution in [1.29, 1.82) is 0 Å². The molecular weight excluding hydrogens is 272 g/mol. The van der Waals surface area contributed by atoms with E-state index in [1.807, 2.05) is 0 Å². The van der Waals surface area contributed by atoms with E-state index in [0.29, 0.717) is 11.6 Å². The molecule has 1 N–H and O–H groups in total. The van der Waals surface area contributed by atoms with E-state index >= 15 is 0 Å². The lowest BCUT2D eigenvalue weighted by atomic mass is 9.96. The van der Waals surface area contributed by atoms with E-state index in [-0.39, 0.29) is 12.0 Å². The van der Waals surface area contributed by atoms with Crippen LogP contribution < -0.4 is 0 Å². The molecule has 0 fully saturated rings. The average Bonchev–Trinajstić information content (AvgIpc) is 2.38. The van der Waals surface area contributed by atoms with Crippen molar-refractivity contribution in [2.75, 3.05) is 0 Å². The molecule has 0 spiro atoms. The highest BCUT2D eigenvalue weighted by molar-refractivity contribution is 5.33. The summed E-state index contributed by atoms with van der Waals surface area (Å²) in [6, 6.07) is 11.0. The molecule has 0 aromatic heterocycles. The molecule has 5 heteroatoms. The zero-order chi connectivity index (χ0) is 14.8. The molecule has 0 bridgehead atoms. The van der Waals surface area contributed by atoms with Crippen molar-refractivity contribution in [3.8, 4) is 0 Å². The van der Waals surface area contributed by atoms with Crippen molar-refractivity contribution in [3.05, 3.63) is 71.0 Å². The number of hydrogen-bond acceptors (Lipinski definition) is 1. The number of aliphatic hydroxyl groups excluding tert-OH is 1. The van der Waals surface area contributed by atoms with E-state index in [2.05, 4.69) is 0 Å². The van der Waals surface area contributed by atoms with E-state index in [9.17, 15) is 22.7 Å². The zero-order valence-corrected chi connectivity index (χ0v) is 10.4. The summed E-state index contributed by atoms with van der Waals surface area (Å²) in [6.07, 6.45) is -6.00. The first-order valence-electron chi connectivity index (χ1n) is 5.96. The molecular formula is C15H12F4O. The van der Waals surface area contributed by atoms with Crippen molar-refractivity contribution in [2.45, 2.75) is 18.7 Å². The van der Waals surface area contributed by atoms with Crippen LogP contribution in [0.2, 0.25) is 0 Å². The first kappa shape index (κ1) is 14.5. The number of aliphatic hydroxyl groups is 1. The van der Waals surface area contributed by atoms with Crippen LogP contribution in [0.25, 0.3) is 0 Å². The Morgan fingerprint density at radius 1 is 1.00 bits per heavy atom. The molecule has 0 aliphatic carbocycles. The largest absolute Gasteiger partial charge is 0.416 e. The second-order valence-electron chi connectivity index (χ2n) is 4.43. The molecule has 2 rings (SSSR count). The van der Waals surface area contributed by atoms with Crippen molar-refractivity contribution in [2.24, 2.45) is 0 Å². The van der Waals surface area contributed by atoms with Gasteiger partial charge in [0.25, 0.3) is 0 Å². The van der Waals surface area contributed by atoms with Crippen molar-refractivity contribution < 1.29 is 22.7 Å². The third kappa shape index (κ3) is 3.36. The Labute approximate surface area is 113 Å². The van der Waals surface area contributed by atoms with Crippen LogP contribution in [-0.2, 0) is 12.6 Å². The first-order valence-corrected chi connectivity index (χ1v) is 5.96. The Hall–Kier alpha value is -1.88. The van der Waals surface area contributed by atoms with E-state index in [4.69, 9.17) is 0 Å². The van der Waals surface area contributed by atoms with Crippen LogP contribution >= 0.6 is 0 Å². The van der Waals surface area contributed by atoms with E-state index in [1.165, 1.54) is 0 Å². The van der Waals surface area contributed by atoms with Gasteiger partial charge in [-0.1, -0.05) is 36.4 Å². The van der Waals surface area contributed by atoms with Crippen LogP contribution in [0.1, 0.15) is 22.8 Å². The molecule has 2 aromatic rings. The molecule has 106 valence electrons. The second-order valence-corrected chi connectivity index (χ2v) is 4.43. The Bertz CT molecular complexity index is 578. The number of benzene rings is 2. The molecule has 20 heavy (non-hydrogen) atoms. The van der Waals surface area contributed by atoms with Gasteiger partial charge in [-0.2, -0.15) is 13.2 Å². The second kappa shape index (κ2) is 5.63. The van der Waals surface area contributed by atoms with Gasteiger partial charge in [0.1, 0.15) is 5.82 Å². The van der Waals surface area contributed by atoms with Crippen LogP contribution in [0, 0.1) is 5.82 Å². The zero-order valence-electron chi connectivity index (χ0n) is 10.4. The van der Waals surface area contributed by atoms with Gasteiger partial charge in [-0.3, -0.25) is 0 Å². The van der Waals surface area contributed by atoms with Crippen molar-refractivity contribution >= 4 is 0 Å². The predicted molar refractivity (Wildman–Crippen MR) is 66.5 cm³/mol. The highest BCUT2D eigenvalue weighted by Gasteiger charge is 2.35. The van der Waals surface area contributed by atoms with Crippen LogP contribution in [0.15, 0.2) is 48.5 Å². The molecule has 1 atom stereocenters. The van der Waals surface area contributed by atoms with Crippen molar-refractivity contribution in [3.63, 3.8) is 0 Å². The fourth-order valence-electron chi connectivity index (χ4n) is 2.01. The summed E-state index contributed by atoms with van der Waals surface area (Å²) in [6.45, 7) is 0. The molecule has 0 radical (unpaired) electrons. The summed E-state index contributed by atoms with van der Waals surface area (Å²) < 4.78 is 51.5. The summed E-state index contributed by atoms with van der Waals surface area (Å²) in [5.74, 6) is -0.979. The van der Waals surface area contributed by atoms with Crippen LogP contribution in [0.4, 0.5) is 17.6 Å². The molecule has 0 amide bonds. The van der Waals surface area contributed by atoms with Gasteiger partial charge in [0.2, 0.25) is 0 Å². The topological polar surface area (TPSA) is 20.2 Å². The number of rotatable bonds is 3. The van der Waals surface area contributed by atoms with Gasteiger partial charge < -0.3 is 5.11 Å². The lowest BCUT2D eigenvalue weighted by Gasteiger charge is -2.17. The minimum atomic E-state index is -4.70. The number of hydrogen-bond donors (Lipinski definition) is 1. The van der Waals surface area contributed by atoms with Gasteiger partial charge in [-0.25, -0.2) is 4.39 Å².